The zero-order chi connectivity index (χ0) is 15.1. The minimum Gasteiger partial charge on any atom is -0.335 e. The van der Waals surface area contributed by atoms with Crippen molar-refractivity contribution in [1.82, 2.24) is 9.88 Å². The molecule has 0 fully saturated rings. The summed E-state index contributed by atoms with van der Waals surface area (Å²) in [5, 5.41) is 0.610. The van der Waals surface area contributed by atoms with Crippen LogP contribution in [0.5, 0.6) is 0 Å². The molecule has 1 aromatic carbocycles. The molecule has 0 saturated heterocycles. The summed E-state index contributed by atoms with van der Waals surface area (Å²) in [5.74, 6) is 5.24. The number of nitrogens with zero attached hydrogens (tertiary/aromatic N) is 2. The molecule has 1 amide bonds. The van der Waals surface area contributed by atoms with E-state index in [-0.39, 0.29) is 5.91 Å². The highest BCUT2D eigenvalue weighted by molar-refractivity contribution is 6.30. The van der Waals surface area contributed by atoms with Gasteiger partial charge in [-0.1, -0.05) is 29.7 Å². The lowest BCUT2D eigenvalue weighted by atomic mass is 10.2. The summed E-state index contributed by atoms with van der Waals surface area (Å²) in [7, 11) is 1.74. The smallest absolute Gasteiger partial charge is 0.298 e. The van der Waals surface area contributed by atoms with Crippen LogP contribution in [-0.4, -0.2) is 29.4 Å². The van der Waals surface area contributed by atoms with Gasteiger partial charge in [0.2, 0.25) is 0 Å². The van der Waals surface area contributed by atoms with Gasteiger partial charge >= 0.3 is 0 Å². The van der Waals surface area contributed by atoms with Gasteiger partial charge in [-0.2, -0.15) is 0 Å². The maximum Gasteiger partial charge on any atom is 0.298 e. The number of halogens is 1. The minimum atomic E-state index is -0.209. The van der Waals surface area contributed by atoms with Gasteiger partial charge in [0.1, 0.15) is 0 Å². The topological polar surface area (TPSA) is 33.2 Å². The van der Waals surface area contributed by atoms with E-state index in [9.17, 15) is 4.79 Å². The van der Waals surface area contributed by atoms with Crippen molar-refractivity contribution in [1.29, 1.82) is 0 Å². The highest BCUT2D eigenvalue weighted by atomic mass is 35.5. The Labute approximate surface area is 129 Å². The first-order valence-corrected chi connectivity index (χ1v) is 6.94. The van der Waals surface area contributed by atoms with Gasteiger partial charge < -0.3 is 4.90 Å². The van der Waals surface area contributed by atoms with Gasteiger partial charge in [0.25, 0.3) is 5.91 Å². The number of hydrogen-bond donors (Lipinski definition) is 0. The van der Waals surface area contributed by atoms with E-state index < -0.39 is 0 Å². The number of hydrogen-bond acceptors (Lipinski definition) is 2. The Morgan fingerprint density at radius 1 is 1.33 bits per heavy atom. The fourth-order valence-electron chi connectivity index (χ4n) is 1.73. The van der Waals surface area contributed by atoms with Gasteiger partial charge in [-0.3, -0.25) is 9.78 Å². The lowest BCUT2D eigenvalue weighted by Crippen LogP contribution is -2.27. The molecular formula is C17H15ClN2O. The van der Waals surface area contributed by atoms with Crippen molar-refractivity contribution in [2.24, 2.45) is 0 Å². The second kappa shape index (κ2) is 7.47. The van der Waals surface area contributed by atoms with Crippen molar-refractivity contribution in [2.75, 3.05) is 13.6 Å². The van der Waals surface area contributed by atoms with Gasteiger partial charge in [-0.25, -0.2) is 0 Å². The Morgan fingerprint density at radius 2 is 2.19 bits per heavy atom. The van der Waals surface area contributed by atoms with Crippen molar-refractivity contribution < 1.29 is 4.79 Å². The predicted octanol–water partition coefficient (Wildman–Crippen LogP) is 2.79. The third kappa shape index (κ3) is 4.94. The largest absolute Gasteiger partial charge is 0.335 e. The van der Waals surface area contributed by atoms with Crippen molar-refractivity contribution in [2.45, 2.75) is 6.42 Å². The van der Waals surface area contributed by atoms with Crippen LogP contribution >= 0.6 is 11.6 Å². The number of carbonyl (C=O) groups excluding carboxylic acids is 1. The summed E-state index contributed by atoms with van der Waals surface area (Å²) in [5.41, 5.74) is 1.83. The molecule has 0 bridgehead atoms. The maximum absolute atomic E-state index is 11.9. The molecule has 4 heteroatoms. The van der Waals surface area contributed by atoms with Crippen LogP contribution in [0.15, 0.2) is 48.8 Å². The van der Waals surface area contributed by atoms with Crippen molar-refractivity contribution in [3.8, 4) is 11.8 Å². The normalized spacial score (nSPS) is 9.62. The highest BCUT2D eigenvalue weighted by Crippen LogP contribution is 2.09. The first-order valence-electron chi connectivity index (χ1n) is 6.57. The highest BCUT2D eigenvalue weighted by Gasteiger charge is 2.05. The van der Waals surface area contributed by atoms with Crippen molar-refractivity contribution >= 4 is 17.5 Å². The van der Waals surface area contributed by atoms with Gasteiger partial charge in [-0.15, -0.1) is 0 Å². The zero-order valence-electron chi connectivity index (χ0n) is 11.7. The van der Waals surface area contributed by atoms with E-state index in [1.165, 1.54) is 0 Å². The van der Waals surface area contributed by atoms with Crippen LogP contribution in [0.1, 0.15) is 11.1 Å². The summed E-state index contributed by atoms with van der Waals surface area (Å²) < 4.78 is 0. The number of carbonyl (C=O) groups is 1. The first kappa shape index (κ1) is 15.1. The average molecular weight is 299 g/mol. The molecule has 2 rings (SSSR count). The molecule has 0 atom stereocenters. The van der Waals surface area contributed by atoms with E-state index >= 15 is 0 Å². The molecule has 106 valence electrons. The second-order valence-corrected chi connectivity index (χ2v) is 5.03. The Hall–Kier alpha value is -2.31. The predicted molar refractivity (Wildman–Crippen MR) is 83.9 cm³/mol. The monoisotopic (exact) mass is 298 g/mol. The number of benzene rings is 1. The third-order valence-electron chi connectivity index (χ3n) is 2.94. The Balaban J connectivity index is 1.91. The van der Waals surface area contributed by atoms with E-state index in [1.807, 2.05) is 24.3 Å². The SMILES string of the molecule is CN(CCc1cccnc1)C(=O)C#Cc1cccc(Cl)c1. The molecule has 2 aromatic rings. The quantitative estimate of drug-likeness (QED) is 0.816. The van der Waals surface area contributed by atoms with Gasteiger partial charge in [0, 0.05) is 42.5 Å². The standard InChI is InChI=1S/C17H15ClN2O/c1-20(11-9-15-5-3-10-19-13-15)17(21)8-7-14-4-2-6-16(18)12-14/h2-6,10,12-13H,9,11H2,1H3. The van der Waals surface area contributed by atoms with E-state index in [1.54, 1.807) is 36.5 Å². The number of pyridine rings is 1. The number of amides is 1. The molecular weight excluding hydrogens is 284 g/mol. The van der Waals surface area contributed by atoms with E-state index in [4.69, 9.17) is 11.6 Å². The van der Waals surface area contributed by atoms with Crippen LogP contribution in [0.2, 0.25) is 5.02 Å². The molecule has 0 N–H and O–H groups in total. The van der Waals surface area contributed by atoms with Crippen LogP contribution in [0.3, 0.4) is 0 Å². The molecule has 0 radical (unpaired) electrons. The van der Waals surface area contributed by atoms with Crippen LogP contribution in [0, 0.1) is 11.8 Å². The summed E-state index contributed by atoms with van der Waals surface area (Å²) in [6, 6.07) is 11.0. The molecule has 0 spiro atoms. The molecule has 1 aromatic heterocycles. The Morgan fingerprint density at radius 3 is 2.90 bits per heavy atom. The van der Waals surface area contributed by atoms with Crippen LogP contribution in [0.25, 0.3) is 0 Å². The first-order chi connectivity index (χ1) is 10.1. The van der Waals surface area contributed by atoms with E-state index in [0.29, 0.717) is 11.6 Å². The number of likely N-dealkylation sites (N-methyl/N-ethyl adjacent to an activating group) is 1. The summed E-state index contributed by atoms with van der Waals surface area (Å²) >= 11 is 5.87. The molecule has 0 aliphatic heterocycles. The number of rotatable bonds is 3. The zero-order valence-corrected chi connectivity index (χ0v) is 12.5. The summed E-state index contributed by atoms with van der Waals surface area (Å²) in [6.07, 6.45) is 4.29. The lowest BCUT2D eigenvalue weighted by Gasteiger charge is -2.13. The summed E-state index contributed by atoms with van der Waals surface area (Å²) in [4.78, 5) is 17.6. The molecule has 0 aliphatic rings. The molecule has 1 heterocycles. The summed E-state index contributed by atoms with van der Waals surface area (Å²) in [6.45, 7) is 0.606. The molecule has 0 aliphatic carbocycles. The second-order valence-electron chi connectivity index (χ2n) is 4.60. The van der Waals surface area contributed by atoms with Crippen LogP contribution in [-0.2, 0) is 11.2 Å². The Kier molecular flexibility index (Phi) is 5.36. The third-order valence-corrected chi connectivity index (χ3v) is 3.18. The lowest BCUT2D eigenvalue weighted by molar-refractivity contribution is -0.123. The van der Waals surface area contributed by atoms with Crippen molar-refractivity contribution in [3.63, 3.8) is 0 Å². The Bertz CT molecular complexity index is 674. The van der Waals surface area contributed by atoms with Gasteiger partial charge in [0.05, 0.1) is 0 Å². The molecule has 3 nitrogen and oxygen atoms in total. The fourth-order valence-corrected chi connectivity index (χ4v) is 1.92. The average Bonchev–Trinajstić information content (AvgIpc) is 2.51. The molecule has 0 unspecified atom stereocenters. The maximum atomic E-state index is 11.9. The van der Waals surface area contributed by atoms with Crippen LogP contribution in [0.4, 0.5) is 0 Å². The van der Waals surface area contributed by atoms with Crippen molar-refractivity contribution in [3.05, 3.63) is 64.9 Å². The van der Waals surface area contributed by atoms with Crippen LogP contribution < -0.4 is 0 Å². The molecule has 21 heavy (non-hydrogen) atoms. The van der Waals surface area contributed by atoms with Gasteiger partial charge in [0.15, 0.2) is 0 Å². The van der Waals surface area contributed by atoms with E-state index in [0.717, 1.165) is 17.5 Å². The minimum absolute atomic E-state index is 0.209. The fraction of sp³-hybridized carbons (Fsp3) is 0.176. The number of aromatic nitrogens is 1. The van der Waals surface area contributed by atoms with E-state index in [2.05, 4.69) is 16.8 Å². The van der Waals surface area contributed by atoms with Gasteiger partial charge in [-0.05, 0) is 36.2 Å². The molecule has 0 saturated carbocycles.